The Kier molecular flexibility index (Phi) is 41.7. The van der Waals surface area contributed by atoms with Crippen LogP contribution in [0.1, 0.15) is 241 Å². The second kappa shape index (κ2) is 43.7. The molecule has 0 spiro atoms. The zero-order valence-electron chi connectivity index (χ0n) is 43.2. The van der Waals surface area contributed by atoms with Crippen molar-refractivity contribution in [2.45, 2.75) is 247 Å². The van der Waals surface area contributed by atoms with Crippen molar-refractivity contribution in [2.75, 3.05) is 52.5 Å². The van der Waals surface area contributed by atoms with Gasteiger partial charge in [-0.15, -0.1) is 0 Å². The van der Waals surface area contributed by atoms with E-state index in [1.54, 1.807) is 0 Å². The van der Waals surface area contributed by atoms with Crippen molar-refractivity contribution in [2.24, 2.45) is 11.8 Å². The van der Waals surface area contributed by atoms with Gasteiger partial charge < -0.3 is 35.1 Å². The average molecular weight is 923 g/mol. The SMILES string of the molecule is CCCCCCC(CCCCCC)COC(=O)CCCCCNC(=O)CCN(CCNC(=O)OC(C)(C)C)CCC(=O)NCCCCCC(=O)OCC(CCCCCC)CCCCCC. The number of hydrogen-bond acceptors (Lipinski definition) is 9. The maximum Gasteiger partial charge on any atom is 0.407 e. The van der Waals surface area contributed by atoms with Gasteiger partial charge >= 0.3 is 18.0 Å². The predicted octanol–water partition coefficient (Wildman–Crippen LogP) is 12.1. The normalized spacial score (nSPS) is 11.6. The van der Waals surface area contributed by atoms with Crippen LogP contribution in [0.5, 0.6) is 0 Å². The number of nitrogens with zero attached hydrogens (tertiary/aromatic N) is 1. The van der Waals surface area contributed by atoms with Crippen LogP contribution < -0.4 is 16.0 Å². The largest absolute Gasteiger partial charge is 0.465 e. The van der Waals surface area contributed by atoms with Crippen molar-refractivity contribution in [3.63, 3.8) is 0 Å². The Labute approximate surface area is 398 Å². The Balaban J connectivity index is 4.59. The first-order valence-electron chi connectivity index (χ1n) is 26.9. The third-order valence-electron chi connectivity index (χ3n) is 12.0. The highest BCUT2D eigenvalue weighted by Gasteiger charge is 2.18. The molecule has 3 amide bonds. The number of nitrogens with one attached hydrogen (secondary N) is 3. The third kappa shape index (κ3) is 43.4. The first-order chi connectivity index (χ1) is 31.3. The quantitative estimate of drug-likeness (QED) is 0.0308. The van der Waals surface area contributed by atoms with Crippen LogP contribution in [0.15, 0.2) is 0 Å². The zero-order chi connectivity index (χ0) is 48.2. The van der Waals surface area contributed by atoms with Crippen LogP contribution in [0.25, 0.3) is 0 Å². The molecule has 0 unspecified atom stereocenters. The molecule has 0 rings (SSSR count). The Morgan fingerprint density at radius 3 is 1.15 bits per heavy atom. The number of ether oxygens (including phenoxy) is 3. The predicted molar refractivity (Wildman–Crippen MR) is 267 cm³/mol. The van der Waals surface area contributed by atoms with Crippen molar-refractivity contribution in [1.82, 2.24) is 20.9 Å². The van der Waals surface area contributed by atoms with E-state index in [4.69, 9.17) is 14.2 Å². The Bertz CT molecular complexity index is 1080. The lowest BCUT2D eigenvalue weighted by molar-refractivity contribution is -0.146. The summed E-state index contributed by atoms with van der Waals surface area (Å²) in [5, 5.41) is 8.76. The van der Waals surface area contributed by atoms with Crippen molar-refractivity contribution in [1.29, 1.82) is 0 Å². The van der Waals surface area contributed by atoms with Gasteiger partial charge in [0, 0.05) is 65.0 Å². The molecule has 0 aliphatic rings. The van der Waals surface area contributed by atoms with E-state index in [1.165, 1.54) is 103 Å². The van der Waals surface area contributed by atoms with Gasteiger partial charge in [-0.1, -0.05) is 143 Å². The average Bonchev–Trinajstić information content (AvgIpc) is 3.26. The van der Waals surface area contributed by atoms with Crippen LogP contribution in [0.4, 0.5) is 4.79 Å². The lowest BCUT2D eigenvalue weighted by Gasteiger charge is -2.23. The fourth-order valence-corrected chi connectivity index (χ4v) is 7.89. The molecule has 0 saturated heterocycles. The molecular formula is C53H102N4O8. The van der Waals surface area contributed by atoms with Crippen molar-refractivity contribution in [3.05, 3.63) is 0 Å². The molecule has 0 fully saturated rings. The van der Waals surface area contributed by atoms with Gasteiger partial charge in [-0.2, -0.15) is 0 Å². The maximum absolute atomic E-state index is 12.8. The Hall–Kier alpha value is -2.89. The summed E-state index contributed by atoms with van der Waals surface area (Å²) >= 11 is 0. The molecule has 65 heavy (non-hydrogen) atoms. The number of carbonyl (C=O) groups is 5. The van der Waals surface area contributed by atoms with Crippen LogP contribution in [0.2, 0.25) is 0 Å². The van der Waals surface area contributed by atoms with Gasteiger partial charge in [-0.05, 0) is 84.0 Å². The highest BCUT2D eigenvalue weighted by atomic mass is 16.6. The van der Waals surface area contributed by atoms with Crippen molar-refractivity contribution < 1.29 is 38.2 Å². The smallest absolute Gasteiger partial charge is 0.407 e. The van der Waals surface area contributed by atoms with Gasteiger partial charge in [0.2, 0.25) is 11.8 Å². The number of unbranched alkanes of at least 4 members (excludes halogenated alkanes) is 16. The summed E-state index contributed by atoms with van der Waals surface area (Å²) < 4.78 is 16.8. The molecule has 0 aliphatic carbocycles. The topological polar surface area (TPSA) is 152 Å². The molecule has 382 valence electrons. The minimum atomic E-state index is -0.610. The first-order valence-corrected chi connectivity index (χ1v) is 26.9. The summed E-state index contributed by atoms with van der Waals surface area (Å²) in [4.78, 5) is 64.8. The fraction of sp³-hybridized carbons (Fsp3) is 0.906. The molecule has 3 N–H and O–H groups in total. The van der Waals surface area contributed by atoms with E-state index in [9.17, 15) is 24.0 Å². The summed E-state index contributed by atoms with van der Waals surface area (Å²) in [7, 11) is 0. The van der Waals surface area contributed by atoms with Gasteiger partial charge in [0.25, 0.3) is 0 Å². The third-order valence-corrected chi connectivity index (χ3v) is 12.0. The van der Waals surface area contributed by atoms with Crippen LogP contribution >= 0.6 is 0 Å². The Morgan fingerprint density at radius 2 is 0.800 bits per heavy atom. The summed E-state index contributed by atoms with van der Waals surface area (Å²) in [6, 6.07) is 0. The van der Waals surface area contributed by atoms with E-state index in [2.05, 4.69) is 43.6 Å². The molecule has 0 aromatic heterocycles. The molecule has 0 aliphatic heterocycles. The molecule has 0 heterocycles. The van der Waals surface area contributed by atoms with Crippen molar-refractivity contribution in [3.8, 4) is 0 Å². The number of amides is 3. The molecule has 12 heteroatoms. The minimum Gasteiger partial charge on any atom is -0.465 e. The van der Waals surface area contributed by atoms with Crippen LogP contribution in [-0.2, 0) is 33.4 Å². The Morgan fingerprint density at radius 1 is 0.431 bits per heavy atom. The van der Waals surface area contributed by atoms with Crippen LogP contribution in [-0.4, -0.2) is 92.8 Å². The number of alkyl carbamates (subject to hydrolysis) is 1. The molecule has 0 aromatic rings. The standard InChI is InChI=1S/C53H102N4O8/c1-8-12-16-22-30-46(31-23-17-13-9-2)44-63-50(60)34-26-20-28-38-54-48(58)36-41-57(43-40-56-52(62)65-53(5,6)7)42-37-49(59)55-39-29-21-27-35-51(61)64-45-47(32-24-18-14-10-3)33-25-19-15-11-4/h46-47H,8-45H2,1-7H3,(H,54,58)(H,55,59)(H,56,62). The van der Waals surface area contributed by atoms with Gasteiger partial charge in [-0.25, -0.2) is 4.79 Å². The highest BCUT2D eigenvalue weighted by Crippen LogP contribution is 2.21. The molecular weight excluding hydrogens is 821 g/mol. The first kappa shape index (κ1) is 62.1. The van der Waals surface area contributed by atoms with Gasteiger partial charge in [0.15, 0.2) is 0 Å². The molecule has 0 bridgehead atoms. The fourth-order valence-electron chi connectivity index (χ4n) is 7.89. The minimum absolute atomic E-state index is 0.0728. The van der Waals surface area contributed by atoms with Gasteiger partial charge in [0.05, 0.1) is 13.2 Å². The van der Waals surface area contributed by atoms with Gasteiger partial charge in [-0.3, -0.25) is 19.2 Å². The van der Waals surface area contributed by atoms with E-state index < -0.39 is 11.7 Å². The van der Waals surface area contributed by atoms with E-state index in [1.807, 2.05) is 25.7 Å². The van der Waals surface area contributed by atoms with E-state index >= 15 is 0 Å². The van der Waals surface area contributed by atoms with Crippen LogP contribution in [0, 0.1) is 11.8 Å². The van der Waals surface area contributed by atoms with Gasteiger partial charge in [0.1, 0.15) is 5.60 Å². The van der Waals surface area contributed by atoms with E-state index in [0.717, 1.165) is 64.2 Å². The summed E-state index contributed by atoms with van der Waals surface area (Å²) in [6.45, 7) is 18.1. The molecule has 0 aromatic carbocycles. The number of esters is 2. The van der Waals surface area contributed by atoms with Crippen LogP contribution in [0.3, 0.4) is 0 Å². The lowest BCUT2D eigenvalue weighted by Crippen LogP contribution is -2.40. The monoisotopic (exact) mass is 923 g/mol. The molecule has 0 atom stereocenters. The molecule has 12 nitrogen and oxygen atoms in total. The number of rotatable bonds is 45. The number of hydrogen-bond donors (Lipinski definition) is 3. The van der Waals surface area contributed by atoms with E-state index in [0.29, 0.717) is 77.2 Å². The second-order valence-corrected chi connectivity index (χ2v) is 19.6. The zero-order valence-corrected chi connectivity index (χ0v) is 43.2. The molecule has 0 radical (unpaired) electrons. The second-order valence-electron chi connectivity index (χ2n) is 19.6. The summed E-state index contributed by atoms with van der Waals surface area (Å²) in [5.41, 5.74) is -0.610. The number of carbonyl (C=O) groups excluding carboxylic acids is 5. The van der Waals surface area contributed by atoms with Crippen molar-refractivity contribution >= 4 is 29.8 Å². The highest BCUT2D eigenvalue weighted by molar-refractivity contribution is 5.76. The lowest BCUT2D eigenvalue weighted by atomic mass is 9.95. The summed E-state index contributed by atoms with van der Waals surface area (Å²) in [5.74, 6) is 0.532. The molecule has 0 saturated carbocycles. The maximum atomic E-state index is 12.8. The summed E-state index contributed by atoms with van der Waals surface area (Å²) in [6.07, 6.45) is 29.8. The van der Waals surface area contributed by atoms with E-state index in [-0.39, 0.29) is 36.6 Å².